The van der Waals surface area contributed by atoms with Crippen molar-refractivity contribution in [3.63, 3.8) is 0 Å². The van der Waals surface area contributed by atoms with Crippen LogP contribution >= 0.6 is 0 Å². The van der Waals surface area contributed by atoms with Gasteiger partial charge >= 0.3 is 5.97 Å². The normalized spacial score (nSPS) is 31.0. The van der Waals surface area contributed by atoms with Crippen LogP contribution in [0, 0.1) is 11.3 Å². The minimum absolute atomic E-state index is 0.173. The number of likely N-dealkylation sites (tertiary alicyclic amines) is 2. The second-order valence-electron chi connectivity index (χ2n) is 7.73. The van der Waals surface area contributed by atoms with Gasteiger partial charge in [0, 0.05) is 45.2 Å². The molecule has 0 unspecified atom stereocenters. The second-order valence-corrected chi connectivity index (χ2v) is 7.73. The Kier molecular flexibility index (Phi) is 4.51. The van der Waals surface area contributed by atoms with E-state index in [0.29, 0.717) is 44.0 Å². The molecule has 0 bridgehead atoms. The molecule has 0 spiro atoms. The molecule has 1 saturated carbocycles. The lowest BCUT2D eigenvalue weighted by Crippen LogP contribution is -2.42. The van der Waals surface area contributed by atoms with Crippen molar-refractivity contribution >= 4 is 5.97 Å². The van der Waals surface area contributed by atoms with Gasteiger partial charge in [0.2, 0.25) is 5.89 Å². The summed E-state index contributed by atoms with van der Waals surface area (Å²) in [7, 11) is 1.59. The number of carboxylic acid groups (broad SMARTS) is 1. The predicted molar refractivity (Wildman–Crippen MR) is 87.7 cm³/mol. The summed E-state index contributed by atoms with van der Waals surface area (Å²) in [6, 6.07) is 0.586. The first-order chi connectivity index (χ1) is 12.1. The van der Waals surface area contributed by atoms with Crippen molar-refractivity contribution in [1.82, 2.24) is 19.9 Å². The van der Waals surface area contributed by atoms with E-state index >= 15 is 0 Å². The van der Waals surface area contributed by atoms with Crippen LogP contribution < -0.4 is 0 Å². The Morgan fingerprint density at radius 1 is 1.36 bits per heavy atom. The van der Waals surface area contributed by atoms with Crippen LogP contribution in [0.4, 0.5) is 0 Å². The van der Waals surface area contributed by atoms with Crippen molar-refractivity contribution in [1.29, 1.82) is 0 Å². The molecule has 3 fully saturated rings. The van der Waals surface area contributed by atoms with E-state index in [-0.39, 0.29) is 5.92 Å². The molecule has 1 aliphatic carbocycles. The van der Waals surface area contributed by atoms with Gasteiger partial charge in [-0.25, -0.2) is 0 Å². The molecule has 2 atom stereocenters. The third kappa shape index (κ3) is 3.07. The highest BCUT2D eigenvalue weighted by Gasteiger charge is 2.58. The maximum Gasteiger partial charge on any atom is 0.312 e. The summed E-state index contributed by atoms with van der Waals surface area (Å²) in [6.07, 6.45) is 4.99. The highest BCUT2D eigenvalue weighted by molar-refractivity contribution is 5.77. The third-order valence-corrected chi connectivity index (χ3v) is 6.12. The number of carbonyl (C=O) groups is 1. The molecular formula is C17H26N4O4. The molecule has 4 rings (SSSR count). The Labute approximate surface area is 147 Å². The monoisotopic (exact) mass is 350 g/mol. The number of hydrogen-bond donors (Lipinski definition) is 1. The molecule has 1 N–H and O–H groups in total. The van der Waals surface area contributed by atoms with Crippen LogP contribution in [0.3, 0.4) is 0 Å². The fourth-order valence-corrected chi connectivity index (χ4v) is 4.91. The number of aromatic nitrogens is 2. The molecule has 2 aliphatic heterocycles. The highest BCUT2D eigenvalue weighted by Crippen LogP contribution is 2.45. The number of aliphatic carboxylic acids is 1. The lowest BCUT2D eigenvalue weighted by Gasteiger charge is -2.28. The number of nitrogens with zero attached hydrogens (tertiary/aromatic N) is 4. The molecule has 1 aromatic heterocycles. The molecule has 25 heavy (non-hydrogen) atoms. The molecule has 0 aromatic carbocycles. The van der Waals surface area contributed by atoms with E-state index in [2.05, 4.69) is 19.9 Å². The van der Waals surface area contributed by atoms with Crippen LogP contribution in [0.2, 0.25) is 0 Å². The minimum Gasteiger partial charge on any atom is -0.481 e. The van der Waals surface area contributed by atoms with Gasteiger partial charge in [0.25, 0.3) is 0 Å². The molecule has 8 heteroatoms. The van der Waals surface area contributed by atoms with Crippen molar-refractivity contribution in [3.05, 3.63) is 11.7 Å². The Bertz CT molecular complexity index is 630. The average molecular weight is 350 g/mol. The minimum atomic E-state index is -0.661. The first-order valence-corrected chi connectivity index (χ1v) is 9.11. The molecule has 138 valence electrons. The number of fused-ring (bicyclic) bond motifs is 1. The number of ether oxygens (including phenoxy) is 1. The maximum atomic E-state index is 12.1. The molecule has 0 amide bonds. The van der Waals surface area contributed by atoms with E-state index in [0.717, 1.165) is 13.1 Å². The molecule has 3 aliphatic rings. The van der Waals surface area contributed by atoms with Gasteiger partial charge in [0.1, 0.15) is 6.61 Å². The summed E-state index contributed by atoms with van der Waals surface area (Å²) in [5.41, 5.74) is -0.655. The van der Waals surface area contributed by atoms with Crippen LogP contribution in [-0.4, -0.2) is 70.3 Å². The Hall–Kier alpha value is -1.51. The van der Waals surface area contributed by atoms with E-state index in [4.69, 9.17) is 9.26 Å². The summed E-state index contributed by atoms with van der Waals surface area (Å²) in [5.74, 6) is 0.565. The zero-order valence-corrected chi connectivity index (χ0v) is 14.7. The summed E-state index contributed by atoms with van der Waals surface area (Å²) < 4.78 is 10.3. The van der Waals surface area contributed by atoms with Crippen molar-refractivity contribution in [2.24, 2.45) is 11.3 Å². The fourth-order valence-electron chi connectivity index (χ4n) is 4.91. The number of hydrogen-bond acceptors (Lipinski definition) is 7. The Morgan fingerprint density at radius 2 is 2.16 bits per heavy atom. The molecular weight excluding hydrogens is 324 g/mol. The number of rotatable bonds is 6. The van der Waals surface area contributed by atoms with E-state index in [1.807, 2.05) is 0 Å². The van der Waals surface area contributed by atoms with Crippen molar-refractivity contribution in [3.8, 4) is 0 Å². The van der Waals surface area contributed by atoms with Gasteiger partial charge in [0.15, 0.2) is 5.82 Å². The van der Waals surface area contributed by atoms with E-state index in [1.54, 1.807) is 7.11 Å². The lowest BCUT2D eigenvalue weighted by molar-refractivity contribution is -0.149. The molecule has 0 radical (unpaired) electrons. The quantitative estimate of drug-likeness (QED) is 0.812. The Morgan fingerprint density at radius 3 is 2.84 bits per heavy atom. The van der Waals surface area contributed by atoms with Gasteiger partial charge in [0.05, 0.1) is 12.0 Å². The van der Waals surface area contributed by atoms with Crippen LogP contribution in [0.25, 0.3) is 0 Å². The first kappa shape index (κ1) is 16.9. The fraction of sp³-hybridized carbons (Fsp3) is 0.824. The zero-order chi connectivity index (χ0) is 17.4. The average Bonchev–Trinajstić information content (AvgIpc) is 3.30. The largest absolute Gasteiger partial charge is 0.481 e. The van der Waals surface area contributed by atoms with Crippen LogP contribution in [-0.2, 0) is 22.7 Å². The van der Waals surface area contributed by atoms with Crippen molar-refractivity contribution in [2.75, 3.05) is 33.3 Å². The highest BCUT2D eigenvalue weighted by atomic mass is 16.5. The van der Waals surface area contributed by atoms with Crippen LogP contribution in [0.15, 0.2) is 4.52 Å². The van der Waals surface area contributed by atoms with Gasteiger partial charge in [-0.2, -0.15) is 4.98 Å². The molecule has 8 nitrogen and oxygen atoms in total. The van der Waals surface area contributed by atoms with Gasteiger partial charge < -0.3 is 14.4 Å². The SMILES string of the molecule is COCc1noc(CN2C[C@@H]3CN(C4CCCC4)C[C@]3(C(=O)O)C2)n1. The van der Waals surface area contributed by atoms with E-state index < -0.39 is 11.4 Å². The maximum absolute atomic E-state index is 12.1. The standard InChI is InChI=1S/C17H26N4O4/c1-24-9-14-18-15(25-19-14)8-20-6-12-7-21(13-4-2-3-5-13)11-17(12,10-20)16(22)23/h12-13H,2-11H2,1H3,(H,22,23)/t12-,17-/m1/s1. The zero-order valence-electron chi connectivity index (χ0n) is 14.7. The van der Waals surface area contributed by atoms with Crippen molar-refractivity contribution in [2.45, 2.75) is 44.9 Å². The third-order valence-electron chi connectivity index (χ3n) is 6.12. The van der Waals surface area contributed by atoms with Gasteiger partial charge in [-0.15, -0.1) is 0 Å². The summed E-state index contributed by atoms with van der Waals surface area (Å²) in [5, 5.41) is 13.8. The summed E-state index contributed by atoms with van der Waals surface area (Å²) in [4.78, 5) is 21.0. The number of methoxy groups -OCH3 is 1. The van der Waals surface area contributed by atoms with Gasteiger partial charge in [-0.3, -0.25) is 14.6 Å². The van der Waals surface area contributed by atoms with Crippen LogP contribution in [0.1, 0.15) is 37.4 Å². The van der Waals surface area contributed by atoms with Gasteiger partial charge in [-0.1, -0.05) is 18.0 Å². The van der Waals surface area contributed by atoms with E-state index in [1.165, 1.54) is 25.7 Å². The van der Waals surface area contributed by atoms with E-state index in [9.17, 15) is 9.90 Å². The first-order valence-electron chi connectivity index (χ1n) is 9.11. The Balaban J connectivity index is 1.43. The van der Waals surface area contributed by atoms with Gasteiger partial charge in [-0.05, 0) is 12.8 Å². The molecule has 3 heterocycles. The second kappa shape index (κ2) is 6.66. The van der Waals surface area contributed by atoms with Crippen molar-refractivity contribution < 1.29 is 19.2 Å². The topological polar surface area (TPSA) is 91.9 Å². The summed E-state index contributed by atoms with van der Waals surface area (Å²) in [6.45, 7) is 3.72. The summed E-state index contributed by atoms with van der Waals surface area (Å²) >= 11 is 0. The van der Waals surface area contributed by atoms with Crippen LogP contribution in [0.5, 0.6) is 0 Å². The smallest absolute Gasteiger partial charge is 0.312 e. The lowest BCUT2D eigenvalue weighted by atomic mass is 9.81. The predicted octanol–water partition coefficient (Wildman–Crippen LogP) is 0.977. The number of carboxylic acids is 1. The molecule has 2 saturated heterocycles. The molecule has 1 aromatic rings.